The molecule has 2 rings (SSSR count). The van der Waals surface area contributed by atoms with Gasteiger partial charge in [0, 0.05) is 6.21 Å². The number of aryl methyl sites for hydroxylation is 2. The molecule has 0 bridgehead atoms. The van der Waals surface area contributed by atoms with Crippen LogP contribution in [0.3, 0.4) is 0 Å². The van der Waals surface area contributed by atoms with Gasteiger partial charge in [-0.3, -0.25) is 4.99 Å². The Morgan fingerprint density at radius 3 is 1.65 bits per heavy atom. The molecule has 26 heavy (non-hydrogen) atoms. The summed E-state index contributed by atoms with van der Waals surface area (Å²) < 4.78 is 0. The third-order valence-electron chi connectivity index (χ3n) is 4.65. The molecule has 0 unspecified atom stereocenters. The van der Waals surface area contributed by atoms with E-state index < -0.39 is 16.1 Å². The van der Waals surface area contributed by atoms with Crippen molar-refractivity contribution in [2.24, 2.45) is 4.99 Å². The van der Waals surface area contributed by atoms with Crippen LogP contribution in [-0.4, -0.2) is 22.4 Å². The van der Waals surface area contributed by atoms with Gasteiger partial charge in [0.25, 0.3) is 0 Å². The van der Waals surface area contributed by atoms with Gasteiger partial charge in [0.05, 0.1) is 21.8 Å². The van der Waals surface area contributed by atoms with Crippen LogP contribution in [0, 0.1) is 13.8 Å². The summed E-state index contributed by atoms with van der Waals surface area (Å²) in [5.74, 6) is 0. The predicted molar refractivity (Wildman–Crippen MR) is 124 cm³/mol. The molecule has 0 radical (unpaired) electrons. The van der Waals surface area contributed by atoms with Crippen molar-refractivity contribution in [2.75, 3.05) is 0 Å². The van der Waals surface area contributed by atoms with Crippen molar-refractivity contribution < 1.29 is 0 Å². The zero-order valence-corrected chi connectivity index (χ0v) is 19.6. The largest absolute Gasteiger partial charge is 0.256 e. The fraction of sp³-hybridized carbons (Fsp3) is 0.348. The maximum atomic E-state index is 4.72. The van der Waals surface area contributed by atoms with E-state index in [9.17, 15) is 0 Å². The van der Waals surface area contributed by atoms with Crippen LogP contribution in [0.5, 0.6) is 0 Å². The number of hydrogen-bond donors (Lipinski definition) is 0. The zero-order chi connectivity index (χ0) is 19.5. The summed E-state index contributed by atoms with van der Waals surface area (Å²) in [5, 5.41) is 0. The van der Waals surface area contributed by atoms with Crippen LogP contribution < -0.4 is 0 Å². The summed E-state index contributed by atoms with van der Waals surface area (Å²) in [6, 6.07) is 15.1. The van der Waals surface area contributed by atoms with Crippen LogP contribution in [0.1, 0.15) is 22.3 Å². The first-order valence-electron chi connectivity index (χ1n) is 9.41. The second kappa shape index (κ2) is 7.89. The lowest BCUT2D eigenvalue weighted by atomic mass is 10.1. The Labute approximate surface area is 161 Å². The second-order valence-corrected chi connectivity index (χ2v) is 19.8. The van der Waals surface area contributed by atoms with E-state index in [2.05, 4.69) is 102 Å². The summed E-state index contributed by atoms with van der Waals surface area (Å²) in [4.78, 5) is 6.46. The first-order chi connectivity index (χ1) is 12.0. The van der Waals surface area contributed by atoms with Gasteiger partial charge in [0.2, 0.25) is 0 Å². The van der Waals surface area contributed by atoms with Crippen molar-refractivity contribution in [1.29, 1.82) is 0 Å². The predicted octanol–water partition coefficient (Wildman–Crippen LogP) is 7.19. The van der Waals surface area contributed by atoms with E-state index in [0.29, 0.717) is 0 Å². The SMILES string of the molecule is Cc1cccc(C)c1N=Cc1ccc(C=C([Si](C)(C)C)[Si](C)(C)C)cc1. The van der Waals surface area contributed by atoms with E-state index in [-0.39, 0.29) is 0 Å². The Kier molecular flexibility index (Phi) is 6.25. The number of hydrogen-bond acceptors (Lipinski definition) is 1. The highest BCUT2D eigenvalue weighted by atomic mass is 28.4. The maximum absolute atomic E-state index is 4.72. The Bertz CT molecular complexity index is 781. The van der Waals surface area contributed by atoms with E-state index in [0.717, 1.165) is 11.3 Å². The number of rotatable bonds is 5. The second-order valence-electron chi connectivity index (χ2n) is 9.22. The highest BCUT2D eigenvalue weighted by Gasteiger charge is 2.30. The molecule has 2 aromatic carbocycles. The van der Waals surface area contributed by atoms with E-state index in [4.69, 9.17) is 4.99 Å². The van der Waals surface area contributed by atoms with E-state index in [1.165, 1.54) is 16.7 Å². The summed E-state index contributed by atoms with van der Waals surface area (Å²) in [7, 11) is -2.59. The van der Waals surface area contributed by atoms with Crippen LogP contribution in [0.2, 0.25) is 39.3 Å². The molecule has 1 nitrogen and oxygen atoms in total. The average Bonchev–Trinajstić information content (AvgIpc) is 2.51. The van der Waals surface area contributed by atoms with Gasteiger partial charge in [0.1, 0.15) is 0 Å². The fourth-order valence-electron chi connectivity index (χ4n) is 3.55. The topological polar surface area (TPSA) is 12.4 Å². The third-order valence-corrected chi connectivity index (χ3v) is 12.7. The van der Waals surface area contributed by atoms with Gasteiger partial charge in [-0.2, -0.15) is 0 Å². The molecule has 0 saturated carbocycles. The molecule has 0 aliphatic rings. The molecule has 0 aromatic heterocycles. The molecule has 0 N–H and O–H groups in total. The zero-order valence-electron chi connectivity index (χ0n) is 17.6. The lowest BCUT2D eigenvalue weighted by Gasteiger charge is -2.31. The highest BCUT2D eigenvalue weighted by Crippen LogP contribution is 2.28. The fourth-order valence-corrected chi connectivity index (χ4v) is 13.8. The minimum absolute atomic E-state index is 1.08. The monoisotopic (exact) mass is 379 g/mol. The van der Waals surface area contributed by atoms with Crippen molar-refractivity contribution in [2.45, 2.75) is 53.1 Å². The van der Waals surface area contributed by atoms with Crippen molar-refractivity contribution in [3.8, 4) is 0 Å². The standard InChI is InChI=1S/C23H33NSi2/c1-18-10-9-11-19(2)23(18)24-17-21-14-12-20(13-15-21)16-22(25(3,4)5)26(6,7)8/h9-17H,1-8H3. The van der Waals surface area contributed by atoms with Gasteiger partial charge in [-0.15, -0.1) is 0 Å². The van der Waals surface area contributed by atoms with Gasteiger partial charge in [-0.1, -0.05) is 92.6 Å². The van der Waals surface area contributed by atoms with E-state index in [1.807, 2.05) is 6.21 Å². The van der Waals surface area contributed by atoms with Crippen LogP contribution >= 0.6 is 0 Å². The quantitative estimate of drug-likeness (QED) is 0.385. The van der Waals surface area contributed by atoms with Crippen molar-refractivity contribution in [1.82, 2.24) is 0 Å². The van der Waals surface area contributed by atoms with Gasteiger partial charge in [-0.05, 0) is 36.1 Å². The van der Waals surface area contributed by atoms with E-state index >= 15 is 0 Å². The van der Waals surface area contributed by atoms with Gasteiger partial charge < -0.3 is 0 Å². The van der Waals surface area contributed by atoms with Gasteiger partial charge >= 0.3 is 0 Å². The third kappa shape index (κ3) is 5.39. The Hall–Kier alpha value is -1.72. The normalized spacial score (nSPS) is 12.5. The van der Waals surface area contributed by atoms with Crippen LogP contribution in [-0.2, 0) is 0 Å². The minimum Gasteiger partial charge on any atom is -0.256 e. The molecule has 0 atom stereocenters. The summed E-state index contributed by atoms with van der Waals surface area (Å²) in [5.41, 5.74) is 5.98. The summed E-state index contributed by atoms with van der Waals surface area (Å²) in [6.45, 7) is 19.0. The van der Waals surface area contributed by atoms with Gasteiger partial charge in [-0.25, -0.2) is 0 Å². The lowest BCUT2D eigenvalue weighted by Crippen LogP contribution is -2.39. The molecule has 0 aliphatic carbocycles. The summed E-state index contributed by atoms with van der Waals surface area (Å²) >= 11 is 0. The molecule has 0 fully saturated rings. The lowest BCUT2D eigenvalue weighted by molar-refractivity contribution is 1.33. The first kappa shape index (κ1) is 20.6. The highest BCUT2D eigenvalue weighted by molar-refractivity contribution is 7.05. The molecular formula is C23H33NSi2. The van der Waals surface area contributed by atoms with Crippen molar-refractivity contribution in [3.63, 3.8) is 0 Å². The van der Waals surface area contributed by atoms with Crippen LogP contribution in [0.15, 0.2) is 52.3 Å². The maximum Gasteiger partial charge on any atom is 0.0688 e. The average molecular weight is 380 g/mol. The Balaban J connectivity index is 2.28. The van der Waals surface area contributed by atoms with Crippen molar-refractivity contribution in [3.05, 3.63) is 69.5 Å². The molecule has 0 spiro atoms. The molecule has 3 heteroatoms. The Morgan fingerprint density at radius 2 is 1.19 bits per heavy atom. The smallest absolute Gasteiger partial charge is 0.0688 e. The molecule has 0 heterocycles. The van der Waals surface area contributed by atoms with Crippen LogP contribution in [0.4, 0.5) is 5.69 Å². The van der Waals surface area contributed by atoms with Crippen LogP contribution in [0.25, 0.3) is 6.08 Å². The molecular weight excluding hydrogens is 346 g/mol. The molecule has 138 valence electrons. The number of nitrogens with zero attached hydrogens (tertiary/aromatic N) is 1. The van der Waals surface area contributed by atoms with Crippen molar-refractivity contribution >= 4 is 34.1 Å². The number of benzene rings is 2. The molecule has 0 amide bonds. The molecule has 2 aromatic rings. The first-order valence-corrected chi connectivity index (χ1v) is 16.4. The van der Waals surface area contributed by atoms with E-state index in [1.54, 1.807) is 4.82 Å². The van der Waals surface area contributed by atoms with Gasteiger partial charge in [0.15, 0.2) is 0 Å². The Morgan fingerprint density at radius 1 is 0.731 bits per heavy atom. The molecule has 0 saturated heterocycles. The number of para-hydroxylation sites is 1. The molecule has 0 aliphatic heterocycles. The minimum atomic E-state index is -1.29. The summed E-state index contributed by atoms with van der Waals surface area (Å²) in [6.07, 6.45) is 4.44. The number of aliphatic imine (C=N–C) groups is 1.